The highest BCUT2D eigenvalue weighted by Crippen LogP contribution is 2.27. The van der Waals surface area contributed by atoms with Crippen molar-refractivity contribution in [1.82, 2.24) is 14.2 Å². The van der Waals surface area contributed by atoms with Gasteiger partial charge in [-0.25, -0.2) is 13.4 Å². The highest BCUT2D eigenvalue weighted by atomic mass is 32.2. The Morgan fingerprint density at radius 2 is 1.70 bits per heavy atom. The van der Waals surface area contributed by atoms with E-state index in [0.29, 0.717) is 43.5 Å². The molecule has 0 radical (unpaired) electrons. The summed E-state index contributed by atoms with van der Waals surface area (Å²) in [6, 6.07) is 15.5. The molecule has 2 heterocycles. The van der Waals surface area contributed by atoms with E-state index in [4.69, 9.17) is 4.42 Å². The molecular weight excluding hydrogens is 398 g/mol. The van der Waals surface area contributed by atoms with E-state index < -0.39 is 10.0 Å². The second-order valence-corrected chi connectivity index (χ2v) is 9.89. The van der Waals surface area contributed by atoms with Crippen LogP contribution in [0.15, 0.2) is 64.0 Å². The minimum absolute atomic E-state index is 0.428. The van der Waals surface area contributed by atoms with Gasteiger partial charge >= 0.3 is 0 Å². The molecule has 0 atom stereocenters. The maximum atomic E-state index is 13.1. The molecule has 5 rings (SSSR count). The Bertz CT molecular complexity index is 1130. The Morgan fingerprint density at radius 3 is 2.50 bits per heavy atom. The molecule has 0 saturated carbocycles. The number of sulfonamides is 1. The number of fused-ring (bicyclic) bond motifs is 1. The van der Waals surface area contributed by atoms with Gasteiger partial charge in [-0.05, 0) is 42.5 Å². The molecule has 2 aliphatic rings. The van der Waals surface area contributed by atoms with Gasteiger partial charge in [-0.3, -0.25) is 4.90 Å². The normalized spacial score (nSPS) is 17.9. The lowest BCUT2D eigenvalue weighted by molar-refractivity contribution is 0.168. The fourth-order valence-electron chi connectivity index (χ4n) is 4.30. The molecule has 0 unspecified atom stereocenters. The minimum atomic E-state index is -3.44. The van der Waals surface area contributed by atoms with Crippen LogP contribution in [-0.4, -0.2) is 48.8 Å². The van der Waals surface area contributed by atoms with Crippen LogP contribution < -0.4 is 0 Å². The summed E-state index contributed by atoms with van der Waals surface area (Å²) < 4.78 is 33.7. The number of aromatic nitrogens is 1. The van der Waals surface area contributed by atoms with Gasteiger partial charge in [0, 0.05) is 31.7 Å². The second kappa shape index (κ2) is 7.98. The quantitative estimate of drug-likeness (QED) is 0.630. The van der Waals surface area contributed by atoms with Gasteiger partial charge < -0.3 is 4.42 Å². The number of hydrogen-bond acceptors (Lipinski definition) is 5. The molecule has 30 heavy (non-hydrogen) atoms. The van der Waals surface area contributed by atoms with E-state index in [1.165, 1.54) is 11.1 Å². The van der Waals surface area contributed by atoms with E-state index in [1.807, 2.05) is 42.5 Å². The van der Waals surface area contributed by atoms with Gasteiger partial charge in [0.1, 0.15) is 0 Å². The molecule has 1 aliphatic heterocycles. The Morgan fingerprint density at radius 1 is 0.933 bits per heavy atom. The number of rotatable bonds is 5. The molecule has 156 valence electrons. The lowest BCUT2D eigenvalue weighted by Gasteiger charge is -2.33. The molecule has 0 amide bonds. The first-order valence-electron chi connectivity index (χ1n) is 10.4. The zero-order chi connectivity index (χ0) is 20.6. The maximum Gasteiger partial charge on any atom is 0.243 e. The van der Waals surface area contributed by atoms with Crippen LogP contribution in [-0.2, 0) is 29.4 Å². The first-order chi connectivity index (χ1) is 14.6. The number of nitrogens with zero attached hydrogens (tertiary/aromatic N) is 3. The summed E-state index contributed by atoms with van der Waals surface area (Å²) in [6.07, 6.45) is 4.90. The van der Waals surface area contributed by atoms with Crippen molar-refractivity contribution in [1.29, 1.82) is 0 Å². The van der Waals surface area contributed by atoms with Crippen LogP contribution in [0.25, 0.3) is 11.3 Å². The predicted octanol–water partition coefficient (Wildman–Crippen LogP) is 3.34. The second-order valence-electron chi connectivity index (χ2n) is 7.95. The van der Waals surface area contributed by atoms with Crippen LogP contribution in [0.3, 0.4) is 0 Å². The van der Waals surface area contributed by atoms with Gasteiger partial charge in [0.05, 0.1) is 17.6 Å². The first-order valence-corrected chi connectivity index (χ1v) is 11.9. The smallest absolute Gasteiger partial charge is 0.243 e. The molecule has 0 N–H and O–H groups in total. The van der Waals surface area contributed by atoms with Crippen LogP contribution in [0.5, 0.6) is 0 Å². The van der Waals surface area contributed by atoms with Crippen molar-refractivity contribution < 1.29 is 12.8 Å². The fraction of sp³-hybridized carbons (Fsp3) is 0.348. The average molecular weight is 424 g/mol. The summed E-state index contributed by atoms with van der Waals surface area (Å²) >= 11 is 0. The van der Waals surface area contributed by atoms with Gasteiger partial charge in [0.25, 0.3) is 0 Å². The lowest BCUT2D eigenvalue weighted by atomic mass is 10.1. The van der Waals surface area contributed by atoms with E-state index >= 15 is 0 Å². The van der Waals surface area contributed by atoms with Crippen molar-refractivity contribution >= 4 is 10.0 Å². The van der Waals surface area contributed by atoms with Gasteiger partial charge in [-0.1, -0.05) is 36.4 Å². The number of hydrogen-bond donors (Lipinski definition) is 0. The number of benzene rings is 2. The predicted molar refractivity (Wildman–Crippen MR) is 114 cm³/mol. The summed E-state index contributed by atoms with van der Waals surface area (Å²) in [7, 11) is -3.44. The molecule has 2 aromatic carbocycles. The average Bonchev–Trinajstić information content (AvgIpc) is 3.44. The zero-order valence-electron chi connectivity index (χ0n) is 16.8. The Labute approximate surface area is 177 Å². The van der Waals surface area contributed by atoms with Gasteiger partial charge in [0.2, 0.25) is 15.9 Å². The van der Waals surface area contributed by atoms with Crippen LogP contribution >= 0.6 is 0 Å². The Hall–Kier alpha value is -2.48. The summed E-state index contributed by atoms with van der Waals surface area (Å²) in [6.45, 7) is 2.86. The molecule has 7 heteroatoms. The van der Waals surface area contributed by atoms with Crippen molar-refractivity contribution in [2.24, 2.45) is 0 Å². The summed E-state index contributed by atoms with van der Waals surface area (Å²) in [5, 5.41) is 0. The number of oxazole rings is 1. The summed E-state index contributed by atoms with van der Waals surface area (Å²) in [4.78, 5) is 7.01. The molecule has 1 saturated heterocycles. The maximum absolute atomic E-state index is 13.1. The van der Waals surface area contributed by atoms with E-state index in [-0.39, 0.29) is 0 Å². The Balaban J connectivity index is 1.22. The lowest BCUT2D eigenvalue weighted by Crippen LogP contribution is -2.48. The van der Waals surface area contributed by atoms with Crippen molar-refractivity contribution in [3.8, 4) is 11.3 Å². The summed E-state index contributed by atoms with van der Waals surface area (Å²) in [5.41, 5.74) is 3.48. The van der Waals surface area contributed by atoms with Gasteiger partial charge in [0.15, 0.2) is 5.76 Å². The van der Waals surface area contributed by atoms with Crippen molar-refractivity contribution in [3.05, 3.63) is 71.7 Å². The topological polar surface area (TPSA) is 66.7 Å². The monoisotopic (exact) mass is 423 g/mol. The van der Waals surface area contributed by atoms with Crippen LogP contribution in [0.4, 0.5) is 0 Å². The molecule has 0 bridgehead atoms. The molecule has 1 fully saturated rings. The molecule has 3 aromatic rings. The molecule has 1 aliphatic carbocycles. The third-order valence-electron chi connectivity index (χ3n) is 6.01. The van der Waals surface area contributed by atoms with Crippen molar-refractivity contribution in [2.45, 2.75) is 30.7 Å². The molecule has 1 aromatic heterocycles. The van der Waals surface area contributed by atoms with Crippen LogP contribution in [0.2, 0.25) is 0 Å². The standard InChI is InChI=1S/C23H25N3O3S/c27-30(28,21-10-9-18-7-4-8-20(18)15-21)26-13-11-25(12-14-26)17-23-24-16-22(29-23)19-5-2-1-3-6-19/h1-3,5-6,9-10,15-16H,4,7-8,11-14,17H2. The third-order valence-corrected chi connectivity index (χ3v) is 7.90. The summed E-state index contributed by atoms with van der Waals surface area (Å²) in [5.74, 6) is 1.41. The van der Waals surface area contributed by atoms with Gasteiger partial charge in [-0.15, -0.1) is 0 Å². The van der Waals surface area contributed by atoms with Crippen molar-refractivity contribution in [3.63, 3.8) is 0 Å². The zero-order valence-corrected chi connectivity index (χ0v) is 17.6. The van der Waals surface area contributed by atoms with Crippen molar-refractivity contribution in [2.75, 3.05) is 26.2 Å². The van der Waals surface area contributed by atoms with E-state index in [9.17, 15) is 8.42 Å². The highest BCUT2D eigenvalue weighted by molar-refractivity contribution is 7.89. The van der Waals surface area contributed by atoms with E-state index in [0.717, 1.165) is 30.6 Å². The third kappa shape index (κ3) is 3.80. The fourth-order valence-corrected chi connectivity index (χ4v) is 5.77. The molecule has 6 nitrogen and oxygen atoms in total. The molecule has 0 spiro atoms. The first kappa shape index (κ1) is 19.5. The van der Waals surface area contributed by atoms with E-state index in [1.54, 1.807) is 16.6 Å². The van der Waals surface area contributed by atoms with Crippen LogP contribution in [0, 0.1) is 0 Å². The SMILES string of the molecule is O=S(=O)(c1ccc2c(c1)CCC2)N1CCN(Cc2ncc(-c3ccccc3)o2)CC1. The number of piperazine rings is 1. The van der Waals surface area contributed by atoms with E-state index in [2.05, 4.69) is 9.88 Å². The van der Waals surface area contributed by atoms with Gasteiger partial charge in [-0.2, -0.15) is 4.31 Å². The highest BCUT2D eigenvalue weighted by Gasteiger charge is 2.29. The number of aryl methyl sites for hydroxylation is 2. The largest absolute Gasteiger partial charge is 0.439 e. The minimum Gasteiger partial charge on any atom is -0.439 e. The Kier molecular flexibility index (Phi) is 5.18. The molecular formula is C23H25N3O3S. The van der Waals surface area contributed by atoms with Crippen LogP contribution in [0.1, 0.15) is 23.4 Å².